The Morgan fingerprint density at radius 2 is 2.09 bits per heavy atom. The number of carbonyl (C=O) groups excluding carboxylic acids is 1. The summed E-state index contributed by atoms with van der Waals surface area (Å²) in [4.78, 5) is 33.5. The fourth-order valence-electron chi connectivity index (χ4n) is 4.11. The van der Waals surface area contributed by atoms with Crippen LogP contribution in [0.5, 0.6) is 5.75 Å². The number of methoxy groups -OCH3 is 1. The van der Waals surface area contributed by atoms with E-state index < -0.39 is 0 Å². The van der Waals surface area contributed by atoms with Crippen LogP contribution in [0.1, 0.15) is 41.4 Å². The van der Waals surface area contributed by atoms with Crippen molar-refractivity contribution in [2.75, 3.05) is 13.7 Å². The number of para-hydroxylation sites is 1. The fourth-order valence-corrected chi connectivity index (χ4v) is 5.38. The van der Waals surface area contributed by atoms with E-state index in [9.17, 15) is 9.59 Å². The molecule has 0 spiro atoms. The van der Waals surface area contributed by atoms with E-state index in [1.807, 2.05) is 36.4 Å². The lowest BCUT2D eigenvalue weighted by molar-refractivity contribution is 0.0749. The number of amides is 1. The Morgan fingerprint density at radius 1 is 1.26 bits per heavy atom. The van der Waals surface area contributed by atoms with Crippen molar-refractivity contribution in [2.45, 2.75) is 39.3 Å². The summed E-state index contributed by atoms with van der Waals surface area (Å²) in [6.45, 7) is 3.27. The molecule has 0 N–H and O–H groups in total. The van der Waals surface area contributed by atoms with E-state index in [0.717, 1.165) is 34.0 Å². The zero-order valence-corrected chi connectivity index (χ0v) is 20.1. The van der Waals surface area contributed by atoms with Gasteiger partial charge in [0.05, 0.1) is 29.8 Å². The fraction of sp³-hybridized carbons (Fsp3) is 0.308. The molecule has 4 rings (SSSR count). The highest BCUT2D eigenvalue weighted by Crippen LogP contribution is 2.40. The number of nitriles is 1. The van der Waals surface area contributed by atoms with Crippen LogP contribution in [0.2, 0.25) is 0 Å². The summed E-state index contributed by atoms with van der Waals surface area (Å²) in [7, 11) is 1.49. The monoisotopic (exact) mass is 474 g/mol. The highest BCUT2D eigenvalue weighted by atomic mass is 32.1. The zero-order valence-electron chi connectivity index (χ0n) is 19.3. The van der Waals surface area contributed by atoms with E-state index in [0.29, 0.717) is 29.1 Å². The summed E-state index contributed by atoms with van der Waals surface area (Å²) in [5.74, 6) is 0.0416. The summed E-state index contributed by atoms with van der Waals surface area (Å²) in [6, 6.07) is 13.6. The average molecular weight is 475 g/mol. The summed E-state index contributed by atoms with van der Waals surface area (Å²) >= 11 is 1.28. The van der Waals surface area contributed by atoms with Crippen LogP contribution in [0.25, 0.3) is 21.0 Å². The number of carbonyl (C=O) groups is 1. The molecule has 7 nitrogen and oxygen atoms in total. The lowest BCUT2D eigenvalue weighted by atomic mass is 10.1. The summed E-state index contributed by atoms with van der Waals surface area (Å²) in [5, 5.41) is 10.5. The lowest BCUT2D eigenvalue weighted by Gasteiger charge is -2.21. The van der Waals surface area contributed by atoms with E-state index in [1.54, 1.807) is 21.9 Å². The molecule has 4 aromatic rings. The molecule has 0 saturated carbocycles. The number of thiophene rings is 1. The molecule has 0 atom stereocenters. The first-order valence-electron chi connectivity index (χ1n) is 11.3. The normalized spacial score (nSPS) is 11.0. The Hall–Kier alpha value is -3.70. The first-order valence-corrected chi connectivity index (χ1v) is 12.1. The van der Waals surface area contributed by atoms with Crippen LogP contribution >= 0.6 is 11.3 Å². The molecule has 3 heterocycles. The van der Waals surface area contributed by atoms with Crippen LogP contribution in [-0.2, 0) is 13.1 Å². The Kier molecular flexibility index (Phi) is 7.24. The Balaban J connectivity index is 1.88. The van der Waals surface area contributed by atoms with Crippen molar-refractivity contribution in [3.8, 4) is 11.8 Å². The van der Waals surface area contributed by atoms with E-state index in [-0.39, 0.29) is 24.4 Å². The summed E-state index contributed by atoms with van der Waals surface area (Å²) in [6.07, 6.45) is 5.42. The molecule has 0 aliphatic carbocycles. The molecule has 0 saturated heterocycles. The van der Waals surface area contributed by atoms with Gasteiger partial charge in [-0.1, -0.05) is 37.6 Å². The minimum atomic E-state index is -0.263. The molecule has 0 aliphatic rings. The topological polar surface area (TPSA) is 88.2 Å². The van der Waals surface area contributed by atoms with Gasteiger partial charge < -0.3 is 14.2 Å². The Labute approximate surface area is 201 Å². The van der Waals surface area contributed by atoms with Gasteiger partial charge in [0.1, 0.15) is 10.3 Å². The molecule has 3 aromatic heterocycles. The maximum atomic E-state index is 13.7. The minimum Gasteiger partial charge on any atom is -0.494 e. The predicted octanol–water partition coefficient (Wildman–Crippen LogP) is 4.98. The van der Waals surface area contributed by atoms with E-state index in [1.165, 1.54) is 18.4 Å². The van der Waals surface area contributed by atoms with Crippen LogP contribution in [0.4, 0.5) is 0 Å². The minimum absolute atomic E-state index is 0.148. The van der Waals surface area contributed by atoms with Crippen molar-refractivity contribution in [3.63, 3.8) is 0 Å². The number of fused-ring (bicyclic) bond motifs is 3. The number of aromatic nitrogens is 2. The molecule has 0 radical (unpaired) electrons. The number of benzene rings is 1. The molecule has 1 aromatic carbocycles. The maximum Gasteiger partial charge on any atom is 0.268 e. The van der Waals surface area contributed by atoms with Crippen LogP contribution in [0.3, 0.4) is 0 Å². The standard InChI is InChI=1S/C26H26N4O3S/c1-3-4-15-30-20-11-6-5-10-19(20)23-21(25(30)31)22(33-2)24(34-23)26(32)29(14-8-12-27)17-18-9-7-13-28-16-18/h5-7,9-11,13,16H,3-4,8,14-15,17H2,1-2H3. The van der Waals surface area contributed by atoms with Crippen LogP contribution in [0, 0.1) is 11.3 Å². The quantitative estimate of drug-likeness (QED) is 0.342. The number of aryl methyl sites for hydroxylation is 1. The molecule has 1 amide bonds. The Bertz CT molecular complexity index is 1420. The predicted molar refractivity (Wildman–Crippen MR) is 134 cm³/mol. The molecule has 0 bridgehead atoms. The van der Waals surface area contributed by atoms with Crippen molar-refractivity contribution < 1.29 is 9.53 Å². The van der Waals surface area contributed by atoms with E-state index in [4.69, 9.17) is 10.00 Å². The molecule has 0 unspecified atom stereocenters. The third-order valence-corrected chi connectivity index (χ3v) is 6.97. The Morgan fingerprint density at radius 3 is 2.79 bits per heavy atom. The highest BCUT2D eigenvalue weighted by Gasteiger charge is 2.28. The van der Waals surface area contributed by atoms with E-state index >= 15 is 0 Å². The van der Waals surface area contributed by atoms with Gasteiger partial charge in [0.25, 0.3) is 11.5 Å². The smallest absolute Gasteiger partial charge is 0.268 e. The molecule has 8 heteroatoms. The molecule has 0 fully saturated rings. The van der Waals surface area contributed by atoms with Gasteiger partial charge in [0.15, 0.2) is 5.75 Å². The summed E-state index contributed by atoms with van der Waals surface area (Å²) < 4.78 is 8.22. The van der Waals surface area contributed by atoms with E-state index in [2.05, 4.69) is 18.0 Å². The van der Waals surface area contributed by atoms with Gasteiger partial charge in [-0.2, -0.15) is 5.26 Å². The highest BCUT2D eigenvalue weighted by molar-refractivity contribution is 7.22. The van der Waals surface area contributed by atoms with Crippen LogP contribution in [-0.4, -0.2) is 34.0 Å². The van der Waals surface area contributed by atoms with Crippen molar-refractivity contribution in [1.29, 1.82) is 5.26 Å². The SMILES string of the molecule is CCCCn1c(=O)c2c(OC)c(C(=O)N(CCC#N)Cc3cccnc3)sc2c2ccccc21. The van der Waals surface area contributed by atoms with Crippen molar-refractivity contribution in [3.05, 3.63) is 69.6 Å². The van der Waals surface area contributed by atoms with Gasteiger partial charge in [0.2, 0.25) is 0 Å². The lowest BCUT2D eigenvalue weighted by Crippen LogP contribution is -2.31. The zero-order chi connectivity index (χ0) is 24.1. The molecule has 0 aliphatic heterocycles. The van der Waals surface area contributed by atoms with Gasteiger partial charge in [-0.3, -0.25) is 14.6 Å². The van der Waals surface area contributed by atoms with Gasteiger partial charge in [-0.25, -0.2) is 0 Å². The van der Waals surface area contributed by atoms with Crippen LogP contribution < -0.4 is 10.3 Å². The number of nitrogens with zero attached hydrogens (tertiary/aromatic N) is 4. The molecular formula is C26H26N4O3S. The molecular weight excluding hydrogens is 448 g/mol. The summed E-state index contributed by atoms with van der Waals surface area (Å²) in [5.41, 5.74) is 1.57. The average Bonchev–Trinajstić information content (AvgIpc) is 3.27. The first-order chi connectivity index (χ1) is 16.6. The van der Waals surface area contributed by atoms with Gasteiger partial charge in [-0.15, -0.1) is 11.3 Å². The number of ether oxygens (including phenoxy) is 1. The number of hydrogen-bond acceptors (Lipinski definition) is 6. The number of hydrogen-bond donors (Lipinski definition) is 0. The second-order valence-electron chi connectivity index (χ2n) is 7.99. The van der Waals surface area contributed by atoms with Crippen molar-refractivity contribution >= 4 is 38.2 Å². The largest absolute Gasteiger partial charge is 0.494 e. The maximum absolute atomic E-state index is 13.7. The number of pyridine rings is 2. The second-order valence-corrected chi connectivity index (χ2v) is 9.01. The second kappa shape index (κ2) is 10.5. The third-order valence-electron chi connectivity index (χ3n) is 5.77. The third kappa shape index (κ3) is 4.39. The van der Waals surface area contributed by atoms with Crippen LogP contribution in [0.15, 0.2) is 53.6 Å². The van der Waals surface area contributed by atoms with Gasteiger partial charge in [0, 0.05) is 37.4 Å². The van der Waals surface area contributed by atoms with Gasteiger partial charge >= 0.3 is 0 Å². The first kappa shape index (κ1) is 23.5. The van der Waals surface area contributed by atoms with Crippen molar-refractivity contribution in [2.24, 2.45) is 0 Å². The molecule has 174 valence electrons. The number of rotatable bonds is 9. The molecule has 34 heavy (non-hydrogen) atoms. The van der Waals surface area contributed by atoms with Crippen molar-refractivity contribution in [1.82, 2.24) is 14.5 Å². The van der Waals surface area contributed by atoms with Gasteiger partial charge in [-0.05, 0) is 24.1 Å². The number of unbranched alkanes of at least 4 members (excludes halogenated alkanes) is 1.